The Bertz CT molecular complexity index is 501. The molecule has 2 heteroatoms. The number of hydrogen-bond acceptors (Lipinski definition) is 2. The first-order valence-electron chi connectivity index (χ1n) is 6.54. The minimum absolute atomic E-state index is 0.0820. The first kappa shape index (κ1) is 11.4. The fourth-order valence-corrected chi connectivity index (χ4v) is 3.24. The van der Waals surface area contributed by atoms with E-state index < -0.39 is 0 Å². The number of hydrogen-bond donors (Lipinski definition) is 0. The van der Waals surface area contributed by atoms with Crippen LogP contribution in [-0.4, -0.2) is 11.6 Å². The molecule has 2 nitrogen and oxygen atoms in total. The molecule has 0 heterocycles. The Balaban J connectivity index is 1.99. The van der Waals surface area contributed by atoms with Crippen LogP contribution in [0.3, 0.4) is 0 Å². The summed E-state index contributed by atoms with van der Waals surface area (Å²) in [6, 6.07) is 10.0. The standard InChI is InChI=1S/C16H16O2/c17-14-9-10-15(18)16-12(7-4-8-13(14)16)11-5-2-1-3-6-11/h1-7,12-13,16H,8-10H2/t12-,13+,16+/m0/s1. The number of ketones is 2. The van der Waals surface area contributed by atoms with E-state index in [1.54, 1.807) is 0 Å². The molecule has 1 saturated carbocycles. The molecule has 1 aromatic carbocycles. The Morgan fingerprint density at radius 3 is 2.44 bits per heavy atom. The maximum atomic E-state index is 12.2. The van der Waals surface area contributed by atoms with Crippen molar-refractivity contribution in [2.75, 3.05) is 0 Å². The van der Waals surface area contributed by atoms with E-state index in [1.165, 1.54) is 0 Å². The summed E-state index contributed by atoms with van der Waals surface area (Å²) in [5, 5.41) is 0. The highest BCUT2D eigenvalue weighted by Crippen LogP contribution is 2.42. The molecule has 18 heavy (non-hydrogen) atoms. The number of carbonyl (C=O) groups excluding carboxylic acids is 2. The molecule has 0 bridgehead atoms. The molecule has 0 aliphatic heterocycles. The van der Waals surface area contributed by atoms with Crippen LogP contribution in [0.1, 0.15) is 30.7 Å². The van der Waals surface area contributed by atoms with Crippen LogP contribution in [0.4, 0.5) is 0 Å². The predicted molar refractivity (Wildman–Crippen MR) is 69.2 cm³/mol. The summed E-state index contributed by atoms with van der Waals surface area (Å²) < 4.78 is 0. The summed E-state index contributed by atoms with van der Waals surface area (Å²) >= 11 is 0. The molecule has 2 aliphatic carbocycles. The highest BCUT2D eigenvalue weighted by Gasteiger charge is 2.42. The second-order valence-electron chi connectivity index (χ2n) is 5.17. The summed E-state index contributed by atoms with van der Waals surface area (Å²) in [5.74, 6) is 0.407. The van der Waals surface area contributed by atoms with Crippen LogP contribution in [-0.2, 0) is 9.59 Å². The van der Waals surface area contributed by atoms with Gasteiger partial charge in [0.2, 0.25) is 0 Å². The van der Waals surface area contributed by atoms with Crippen LogP contribution in [0, 0.1) is 11.8 Å². The summed E-state index contributed by atoms with van der Waals surface area (Å²) in [5.41, 5.74) is 1.14. The summed E-state index contributed by atoms with van der Waals surface area (Å²) in [6.07, 6.45) is 5.77. The van der Waals surface area contributed by atoms with Crippen LogP contribution in [0.25, 0.3) is 0 Å². The van der Waals surface area contributed by atoms with Gasteiger partial charge in [-0.1, -0.05) is 42.5 Å². The van der Waals surface area contributed by atoms with Gasteiger partial charge in [0, 0.05) is 30.6 Å². The van der Waals surface area contributed by atoms with Gasteiger partial charge in [0.15, 0.2) is 0 Å². The lowest BCUT2D eigenvalue weighted by Gasteiger charge is -2.36. The first-order chi connectivity index (χ1) is 8.77. The molecule has 92 valence electrons. The lowest BCUT2D eigenvalue weighted by atomic mass is 9.65. The van der Waals surface area contributed by atoms with E-state index in [9.17, 15) is 9.59 Å². The predicted octanol–water partition coefficient (Wildman–Crippen LogP) is 2.89. The highest BCUT2D eigenvalue weighted by atomic mass is 16.1. The van der Waals surface area contributed by atoms with E-state index >= 15 is 0 Å². The van der Waals surface area contributed by atoms with Crippen LogP contribution < -0.4 is 0 Å². The Kier molecular flexibility index (Phi) is 2.86. The highest BCUT2D eigenvalue weighted by molar-refractivity contribution is 5.97. The van der Waals surface area contributed by atoms with Gasteiger partial charge in [-0.2, -0.15) is 0 Å². The number of carbonyl (C=O) groups is 2. The van der Waals surface area contributed by atoms with E-state index in [0.717, 1.165) is 12.0 Å². The molecule has 0 spiro atoms. The topological polar surface area (TPSA) is 34.1 Å². The lowest BCUT2D eigenvalue weighted by Crippen LogP contribution is -2.40. The van der Waals surface area contributed by atoms with Gasteiger partial charge in [-0.3, -0.25) is 9.59 Å². The van der Waals surface area contributed by atoms with E-state index in [4.69, 9.17) is 0 Å². The van der Waals surface area contributed by atoms with Gasteiger partial charge >= 0.3 is 0 Å². The van der Waals surface area contributed by atoms with Crippen molar-refractivity contribution < 1.29 is 9.59 Å². The average molecular weight is 240 g/mol. The Morgan fingerprint density at radius 1 is 0.944 bits per heavy atom. The molecular formula is C16H16O2. The third-order valence-corrected chi connectivity index (χ3v) is 4.14. The molecule has 0 radical (unpaired) electrons. The third-order valence-electron chi connectivity index (χ3n) is 4.14. The Labute approximate surface area is 107 Å². The number of Topliss-reactive ketones (excluding diaryl/α,β-unsaturated/α-hetero) is 2. The molecule has 0 unspecified atom stereocenters. The number of benzene rings is 1. The molecule has 0 N–H and O–H groups in total. The van der Waals surface area contributed by atoms with Gasteiger partial charge in [-0.15, -0.1) is 0 Å². The van der Waals surface area contributed by atoms with E-state index in [0.29, 0.717) is 12.8 Å². The third kappa shape index (κ3) is 1.82. The molecule has 0 amide bonds. The second-order valence-corrected chi connectivity index (χ2v) is 5.17. The van der Waals surface area contributed by atoms with E-state index in [1.807, 2.05) is 30.3 Å². The average Bonchev–Trinajstić information content (AvgIpc) is 2.43. The molecule has 2 aliphatic rings. The largest absolute Gasteiger partial charge is 0.299 e. The van der Waals surface area contributed by atoms with Crippen LogP contribution >= 0.6 is 0 Å². The van der Waals surface area contributed by atoms with E-state index in [2.05, 4.69) is 12.2 Å². The monoisotopic (exact) mass is 240 g/mol. The molecule has 0 aromatic heterocycles. The maximum absolute atomic E-state index is 12.2. The van der Waals surface area contributed by atoms with Crippen molar-refractivity contribution in [1.29, 1.82) is 0 Å². The van der Waals surface area contributed by atoms with Crippen molar-refractivity contribution in [2.24, 2.45) is 11.8 Å². The van der Waals surface area contributed by atoms with Crippen molar-refractivity contribution >= 4 is 11.6 Å². The van der Waals surface area contributed by atoms with Crippen molar-refractivity contribution in [3.8, 4) is 0 Å². The lowest BCUT2D eigenvalue weighted by molar-refractivity contribution is -0.138. The zero-order valence-electron chi connectivity index (χ0n) is 10.2. The van der Waals surface area contributed by atoms with Gasteiger partial charge < -0.3 is 0 Å². The maximum Gasteiger partial charge on any atom is 0.138 e. The summed E-state index contributed by atoms with van der Waals surface area (Å²) in [7, 11) is 0. The minimum atomic E-state index is -0.126. The van der Waals surface area contributed by atoms with Crippen molar-refractivity contribution in [2.45, 2.75) is 25.2 Å². The molecule has 0 saturated heterocycles. The molecule has 3 atom stereocenters. The van der Waals surface area contributed by atoms with Gasteiger partial charge in [0.25, 0.3) is 0 Å². The summed E-state index contributed by atoms with van der Waals surface area (Å²) in [6.45, 7) is 0. The quantitative estimate of drug-likeness (QED) is 0.707. The fraction of sp³-hybridized carbons (Fsp3) is 0.375. The van der Waals surface area contributed by atoms with Crippen molar-refractivity contribution in [3.05, 3.63) is 48.0 Å². The molecule has 1 fully saturated rings. The number of allylic oxidation sites excluding steroid dienone is 2. The van der Waals surface area contributed by atoms with Crippen LogP contribution in [0.2, 0.25) is 0 Å². The summed E-state index contributed by atoms with van der Waals surface area (Å²) in [4.78, 5) is 24.1. The number of rotatable bonds is 1. The fourth-order valence-electron chi connectivity index (χ4n) is 3.24. The molecule has 3 rings (SSSR count). The van der Waals surface area contributed by atoms with Gasteiger partial charge in [-0.25, -0.2) is 0 Å². The van der Waals surface area contributed by atoms with Crippen molar-refractivity contribution in [3.63, 3.8) is 0 Å². The first-order valence-corrected chi connectivity index (χ1v) is 6.54. The van der Waals surface area contributed by atoms with Gasteiger partial charge in [0.1, 0.15) is 11.6 Å². The Hall–Kier alpha value is -1.70. The van der Waals surface area contributed by atoms with Gasteiger partial charge in [0.05, 0.1) is 0 Å². The van der Waals surface area contributed by atoms with E-state index in [-0.39, 0.29) is 29.3 Å². The molecule has 1 aromatic rings. The molecular weight excluding hydrogens is 224 g/mol. The Morgan fingerprint density at radius 2 is 1.67 bits per heavy atom. The van der Waals surface area contributed by atoms with Crippen LogP contribution in [0.5, 0.6) is 0 Å². The zero-order valence-corrected chi connectivity index (χ0v) is 10.2. The normalized spacial score (nSPS) is 31.2. The second kappa shape index (κ2) is 4.52. The van der Waals surface area contributed by atoms with Crippen LogP contribution in [0.15, 0.2) is 42.5 Å². The van der Waals surface area contributed by atoms with Crippen molar-refractivity contribution in [1.82, 2.24) is 0 Å². The zero-order chi connectivity index (χ0) is 12.5. The smallest absolute Gasteiger partial charge is 0.138 e. The van der Waals surface area contributed by atoms with Gasteiger partial charge in [-0.05, 0) is 12.0 Å². The SMILES string of the molecule is O=C1CCC(=O)[C@H]2CC=C[C@@H](c3ccccc3)[C@@H]12. The number of fused-ring (bicyclic) bond motifs is 1. The minimum Gasteiger partial charge on any atom is -0.299 e.